The third-order valence-corrected chi connectivity index (χ3v) is 3.67. The van der Waals surface area contributed by atoms with Crippen molar-refractivity contribution >= 4 is 39.1 Å². The van der Waals surface area contributed by atoms with E-state index in [0.29, 0.717) is 10.0 Å². The number of alkyl halides is 1. The molecule has 0 saturated heterocycles. The van der Waals surface area contributed by atoms with Gasteiger partial charge >= 0.3 is 0 Å². The van der Waals surface area contributed by atoms with Crippen molar-refractivity contribution in [2.75, 3.05) is 0 Å². The minimum absolute atomic E-state index is 0.545. The van der Waals surface area contributed by atoms with Gasteiger partial charge in [-0.1, -0.05) is 51.3 Å². The third-order valence-electron chi connectivity index (χ3n) is 2.21. The molecule has 0 bridgehead atoms. The topological polar surface area (TPSA) is 12.9 Å². The van der Waals surface area contributed by atoms with Gasteiger partial charge in [-0.05, 0) is 23.8 Å². The van der Waals surface area contributed by atoms with Gasteiger partial charge in [0, 0.05) is 17.1 Å². The molecule has 82 valence electrons. The molecule has 0 N–H and O–H groups in total. The SMILES string of the molecule is Clc1cccc(-c2cc(CBr)ccn2)c1Cl. The van der Waals surface area contributed by atoms with E-state index in [0.717, 1.165) is 22.2 Å². The molecule has 1 nitrogen and oxygen atoms in total. The second kappa shape index (κ2) is 5.17. The second-order valence-corrected chi connectivity index (χ2v) is 4.63. The van der Waals surface area contributed by atoms with Crippen LogP contribution in [0.2, 0.25) is 10.0 Å². The van der Waals surface area contributed by atoms with E-state index < -0.39 is 0 Å². The minimum atomic E-state index is 0.545. The molecule has 1 aromatic carbocycles. The lowest BCUT2D eigenvalue weighted by Gasteiger charge is -2.06. The Kier molecular flexibility index (Phi) is 3.85. The van der Waals surface area contributed by atoms with Gasteiger partial charge in [-0.3, -0.25) is 4.98 Å². The molecule has 0 saturated carbocycles. The van der Waals surface area contributed by atoms with Crippen LogP contribution in [-0.2, 0) is 5.33 Å². The van der Waals surface area contributed by atoms with Gasteiger partial charge in [0.2, 0.25) is 0 Å². The Morgan fingerprint density at radius 2 is 2.00 bits per heavy atom. The Morgan fingerprint density at radius 3 is 2.75 bits per heavy atom. The zero-order valence-corrected chi connectivity index (χ0v) is 11.4. The molecule has 0 amide bonds. The van der Waals surface area contributed by atoms with Crippen LogP contribution in [0.15, 0.2) is 36.5 Å². The van der Waals surface area contributed by atoms with Crippen LogP contribution >= 0.6 is 39.1 Å². The highest BCUT2D eigenvalue weighted by atomic mass is 79.9. The van der Waals surface area contributed by atoms with Gasteiger partial charge in [-0.15, -0.1) is 0 Å². The molecule has 0 unspecified atom stereocenters. The van der Waals surface area contributed by atoms with E-state index in [1.807, 2.05) is 24.3 Å². The molecule has 0 atom stereocenters. The average Bonchev–Trinajstić information content (AvgIpc) is 2.33. The first-order valence-corrected chi connectivity index (χ1v) is 6.55. The van der Waals surface area contributed by atoms with Crippen molar-refractivity contribution in [2.45, 2.75) is 5.33 Å². The summed E-state index contributed by atoms with van der Waals surface area (Å²) in [4.78, 5) is 4.30. The van der Waals surface area contributed by atoms with Crippen LogP contribution in [0.4, 0.5) is 0 Å². The number of halogens is 3. The van der Waals surface area contributed by atoms with Crippen molar-refractivity contribution in [3.8, 4) is 11.3 Å². The van der Waals surface area contributed by atoms with Gasteiger partial charge < -0.3 is 0 Å². The minimum Gasteiger partial charge on any atom is -0.256 e. The van der Waals surface area contributed by atoms with E-state index in [9.17, 15) is 0 Å². The summed E-state index contributed by atoms with van der Waals surface area (Å²) in [7, 11) is 0. The molecule has 2 rings (SSSR count). The van der Waals surface area contributed by atoms with E-state index in [2.05, 4.69) is 20.9 Å². The summed E-state index contributed by atoms with van der Waals surface area (Å²) in [6.07, 6.45) is 1.77. The number of hydrogen-bond donors (Lipinski definition) is 0. The van der Waals surface area contributed by atoms with Crippen LogP contribution in [0.5, 0.6) is 0 Å². The number of hydrogen-bond acceptors (Lipinski definition) is 1. The summed E-state index contributed by atoms with van der Waals surface area (Å²) in [5.74, 6) is 0. The summed E-state index contributed by atoms with van der Waals surface area (Å²) in [6.45, 7) is 0. The highest BCUT2D eigenvalue weighted by molar-refractivity contribution is 9.08. The van der Waals surface area contributed by atoms with E-state index in [4.69, 9.17) is 23.2 Å². The van der Waals surface area contributed by atoms with Crippen molar-refractivity contribution in [1.29, 1.82) is 0 Å². The number of nitrogens with zero attached hydrogens (tertiary/aromatic N) is 1. The summed E-state index contributed by atoms with van der Waals surface area (Å²) in [5, 5.41) is 1.88. The normalized spacial score (nSPS) is 10.4. The molecule has 0 fully saturated rings. The number of aromatic nitrogens is 1. The molecule has 2 aromatic rings. The Hall–Kier alpha value is -0.570. The van der Waals surface area contributed by atoms with Crippen LogP contribution in [0.1, 0.15) is 5.56 Å². The van der Waals surface area contributed by atoms with Crippen molar-refractivity contribution in [3.05, 3.63) is 52.1 Å². The van der Waals surface area contributed by atoms with Gasteiger partial charge in [-0.25, -0.2) is 0 Å². The summed E-state index contributed by atoms with van der Waals surface area (Å²) < 4.78 is 0. The molecule has 16 heavy (non-hydrogen) atoms. The van der Waals surface area contributed by atoms with Gasteiger partial charge in [0.05, 0.1) is 15.7 Å². The number of rotatable bonds is 2. The molecule has 1 heterocycles. The molecule has 0 aliphatic carbocycles. The molecular weight excluding hydrogens is 309 g/mol. The van der Waals surface area contributed by atoms with Crippen LogP contribution in [-0.4, -0.2) is 4.98 Å². The van der Waals surface area contributed by atoms with E-state index in [-0.39, 0.29) is 0 Å². The zero-order valence-electron chi connectivity index (χ0n) is 8.25. The highest BCUT2D eigenvalue weighted by Crippen LogP contribution is 2.32. The molecule has 1 aromatic heterocycles. The van der Waals surface area contributed by atoms with Crippen LogP contribution in [0.3, 0.4) is 0 Å². The lowest BCUT2D eigenvalue weighted by molar-refractivity contribution is 1.28. The first-order chi connectivity index (χ1) is 7.72. The Morgan fingerprint density at radius 1 is 1.19 bits per heavy atom. The highest BCUT2D eigenvalue weighted by Gasteiger charge is 2.07. The fourth-order valence-corrected chi connectivity index (χ4v) is 2.15. The predicted octanol–water partition coefficient (Wildman–Crippen LogP) is 4.95. The Balaban J connectivity index is 2.54. The second-order valence-electron chi connectivity index (χ2n) is 3.28. The predicted molar refractivity (Wildman–Crippen MR) is 72.3 cm³/mol. The largest absolute Gasteiger partial charge is 0.256 e. The quantitative estimate of drug-likeness (QED) is 0.714. The maximum absolute atomic E-state index is 6.14. The molecule has 4 heteroatoms. The standard InChI is InChI=1S/C12H8BrCl2N/c13-7-8-4-5-16-11(6-8)9-2-1-3-10(14)12(9)15/h1-6H,7H2. The molecule has 0 spiro atoms. The Labute approximate surface area is 113 Å². The maximum atomic E-state index is 6.14. The van der Waals surface area contributed by atoms with Crippen LogP contribution in [0.25, 0.3) is 11.3 Å². The van der Waals surface area contributed by atoms with Gasteiger partial charge in [0.25, 0.3) is 0 Å². The van der Waals surface area contributed by atoms with Crippen molar-refractivity contribution < 1.29 is 0 Å². The first-order valence-electron chi connectivity index (χ1n) is 4.67. The fraction of sp³-hybridized carbons (Fsp3) is 0.0833. The van der Waals surface area contributed by atoms with E-state index in [1.54, 1.807) is 12.3 Å². The van der Waals surface area contributed by atoms with Crippen molar-refractivity contribution in [1.82, 2.24) is 4.98 Å². The number of benzene rings is 1. The summed E-state index contributed by atoms with van der Waals surface area (Å²) in [6, 6.07) is 9.49. The fourth-order valence-electron chi connectivity index (χ4n) is 1.41. The Bertz CT molecular complexity index is 514. The van der Waals surface area contributed by atoms with Crippen LogP contribution in [0, 0.1) is 0 Å². The molecular formula is C12H8BrCl2N. The monoisotopic (exact) mass is 315 g/mol. The zero-order chi connectivity index (χ0) is 11.5. The molecule has 0 radical (unpaired) electrons. The lowest BCUT2D eigenvalue weighted by Crippen LogP contribution is -1.87. The molecule has 0 aliphatic rings. The van der Waals surface area contributed by atoms with Gasteiger partial charge in [0.15, 0.2) is 0 Å². The van der Waals surface area contributed by atoms with Gasteiger partial charge in [0.1, 0.15) is 0 Å². The smallest absolute Gasteiger partial charge is 0.0720 e. The molecule has 0 aliphatic heterocycles. The van der Waals surface area contributed by atoms with Crippen molar-refractivity contribution in [3.63, 3.8) is 0 Å². The average molecular weight is 317 g/mol. The van der Waals surface area contributed by atoms with Crippen molar-refractivity contribution in [2.24, 2.45) is 0 Å². The van der Waals surface area contributed by atoms with Gasteiger partial charge in [-0.2, -0.15) is 0 Å². The summed E-state index contributed by atoms with van der Waals surface area (Å²) >= 11 is 15.5. The summed E-state index contributed by atoms with van der Waals surface area (Å²) in [5.41, 5.74) is 2.85. The lowest BCUT2D eigenvalue weighted by atomic mass is 10.1. The third kappa shape index (κ3) is 2.40. The van der Waals surface area contributed by atoms with E-state index in [1.165, 1.54) is 0 Å². The first kappa shape index (κ1) is 11.9. The maximum Gasteiger partial charge on any atom is 0.0720 e. The van der Waals surface area contributed by atoms with E-state index >= 15 is 0 Å². The number of pyridine rings is 1. The van der Waals surface area contributed by atoms with Crippen LogP contribution < -0.4 is 0 Å².